The van der Waals surface area contributed by atoms with Gasteiger partial charge in [-0.2, -0.15) is 0 Å². The second-order valence-corrected chi connectivity index (χ2v) is 6.92. The maximum absolute atomic E-state index is 5.40. The molecule has 122 valence electrons. The molecule has 0 aliphatic carbocycles. The van der Waals surface area contributed by atoms with Crippen LogP contribution in [0.5, 0.6) is 0 Å². The highest BCUT2D eigenvalue weighted by Crippen LogP contribution is 2.23. The van der Waals surface area contributed by atoms with Crippen molar-refractivity contribution in [3.8, 4) is 0 Å². The third kappa shape index (κ3) is 4.47. The highest BCUT2D eigenvalue weighted by atomic mass is 16.5. The van der Waals surface area contributed by atoms with Gasteiger partial charge in [-0.25, -0.2) is 0 Å². The van der Waals surface area contributed by atoms with E-state index < -0.39 is 0 Å². The van der Waals surface area contributed by atoms with E-state index in [2.05, 4.69) is 41.0 Å². The van der Waals surface area contributed by atoms with Gasteiger partial charge in [0.25, 0.3) is 0 Å². The van der Waals surface area contributed by atoms with Gasteiger partial charge in [0.05, 0.1) is 13.2 Å². The standard InChI is InChI=1S/C19H30N2O/c1-17-4-2-11-21(16-17)19-8-6-18(7-9-19)5-3-10-20-12-14-22-15-13-20/h6-9,17H,2-5,10-16H2,1H3. The number of ether oxygens (including phenoxy) is 1. The number of anilines is 1. The van der Waals surface area contributed by atoms with Crippen LogP contribution in [0.3, 0.4) is 0 Å². The minimum absolute atomic E-state index is 0.835. The minimum Gasteiger partial charge on any atom is -0.379 e. The lowest BCUT2D eigenvalue weighted by atomic mass is 9.99. The fourth-order valence-corrected chi connectivity index (χ4v) is 3.63. The van der Waals surface area contributed by atoms with Gasteiger partial charge in [-0.3, -0.25) is 4.90 Å². The van der Waals surface area contributed by atoms with E-state index >= 15 is 0 Å². The number of hydrogen-bond donors (Lipinski definition) is 0. The average Bonchev–Trinajstić information content (AvgIpc) is 2.56. The zero-order chi connectivity index (χ0) is 15.2. The third-order valence-corrected chi connectivity index (χ3v) is 5.00. The van der Waals surface area contributed by atoms with Crippen molar-refractivity contribution in [1.82, 2.24) is 4.90 Å². The van der Waals surface area contributed by atoms with E-state index in [4.69, 9.17) is 4.74 Å². The van der Waals surface area contributed by atoms with Gasteiger partial charge in [0, 0.05) is 31.9 Å². The molecule has 22 heavy (non-hydrogen) atoms. The van der Waals surface area contributed by atoms with E-state index in [1.807, 2.05) is 0 Å². The molecule has 1 atom stereocenters. The molecule has 0 radical (unpaired) electrons. The van der Waals surface area contributed by atoms with E-state index in [1.54, 1.807) is 0 Å². The number of benzene rings is 1. The molecule has 0 N–H and O–H groups in total. The number of morpholine rings is 1. The lowest BCUT2D eigenvalue weighted by molar-refractivity contribution is 0.0375. The van der Waals surface area contributed by atoms with Gasteiger partial charge in [-0.05, 0) is 55.8 Å². The predicted octanol–water partition coefficient (Wildman–Crippen LogP) is 3.19. The topological polar surface area (TPSA) is 15.7 Å². The minimum atomic E-state index is 0.835. The van der Waals surface area contributed by atoms with Crippen LogP contribution in [-0.2, 0) is 11.2 Å². The van der Waals surface area contributed by atoms with E-state index in [9.17, 15) is 0 Å². The first-order valence-corrected chi connectivity index (χ1v) is 8.95. The van der Waals surface area contributed by atoms with Crippen molar-refractivity contribution >= 4 is 5.69 Å². The Bertz CT molecular complexity index is 439. The number of rotatable bonds is 5. The van der Waals surface area contributed by atoms with Crippen LogP contribution in [0.15, 0.2) is 24.3 Å². The second kappa shape index (κ2) is 7.98. The molecule has 1 aromatic rings. The van der Waals surface area contributed by atoms with Crippen molar-refractivity contribution in [2.24, 2.45) is 5.92 Å². The molecule has 1 unspecified atom stereocenters. The Morgan fingerprint density at radius 3 is 2.59 bits per heavy atom. The van der Waals surface area contributed by atoms with Crippen molar-refractivity contribution < 1.29 is 4.74 Å². The summed E-state index contributed by atoms with van der Waals surface area (Å²) in [5.41, 5.74) is 2.88. The molecule has 2 aliphatic heterocycles. The first kappa shape index (κ1) is 15.8. The van der Waals surface area contributed by atoms with Crippen molar-refractivity contribution in [1.29, 1.82) is 0 Å². The van der Waals surface area contributed by atoms with Crippen molar-refractivity contribution in [3.63, 3.8) is 0 Å². The first-order valence-electron chi connectivity index (χ1n) is 8.95. The quantitative estimate of drug-likeness (QED) is 0.831. The second-order valence-electron chi connectivity index (χ2n) is 6.92. The summed E-state index contributed by atoms with van der Waals surface area (Å²) in [6.45, 7) is 10.0. The van der Waals surface area contributed by atoms with Crippen molar-refractivity contribution in [2.75, 3.05) is 50.8 Å². The fraction of sp³-hybridized carbons (Fsp3) is 0.684. The van der Waals surface area contributed by atoms with Crippen LogP contribution in [0, 0.1) is 5.92 Å². The van der Waals surface area contributed by atoms with Crippen molar-refractivity contribution in [2.45, 2.75) is 32.6 Å². The summed E-state index contributed by atoms with van der Waals surface area (Å²) in [7, 11) is 0. The van der Waals surface area contributed by atoms with Gasteiger partial charge >= 0.3 is 0 Å². The van der Waals surface area contributed by atoms with Crippen LogP contribution in [-0.4, -0.2) is 50.8 Å². The molecule has 0 amide bonds. The maximum atomic E-state index is 5.40. The maximum Gasteiger partial charge on any atom is 0.0594 e. The summed E-state index contributed by atoms with van der Waals surface area (Å²) >= 11 is 0. The van der Waals surface area contributed by atoms with E-state index in [0.717, 1.165) is 32.2 Å². The summed E-state index contributed by atoms with van der Waals surface area (Å²) < 4.78 is 5.40. The highest BCUT2D eigenvalue weighted by molar-refractivity contribution is 5.48. The lowest BCUT2D eigenvalue weighted by Gasteiger charge is -2.32. The monoisotopic (exact) mass is 302 g/mol. The first-order chi connectivity index (χ1) is 10.8. The zero-order valence-corrected chi connectivity index (χ0v) is 14.0. The van der Waals surface area contributed by atoms with Crippen LogP contribution in [0.2, 0.25) is 0 Å². The highest BCUT2D eigenvalue weighted by Gasteiger charge is 2.16. The Hall–Kier alpha value is -1.06. The fourth-order valence-electron chi connectivity index (χ4n) is 3.63. The Labute approximate surface area is 135 Å². The van der Waals surface area contributed by atoms with Gasteiger partial charge in [-0.15, -0.1) is 0 Å². The Morgan fingerprint density at radius 2 is 1.86 bits per heavy atom. The van der Waals surface area contributed by atoms with Crippen LogP contribution in [0.4, 0.5) is 5.69 Å². The van der Waals surface area contributed by atoms with Crippen LogP contribution in [0.1, 0.15) is 31.7 Å². The van der Waals surface area contributed by atoms with Crippen LogP contribution >= 0.6 is 0 Å². The molecule has 2 saturated heterocycles. The molecule has 0 aromatic heterocycles. The molecule has 3 rings (SSSR count). The molecule has 0 saturated carbocycles. The summed E-state index contributed by atoms with van der Waals surface area (Å²) in [6, 6.07) is 9.30. The molecule has 2 aliphatic rings. The van der Waals surface area contributed by atoms with Crippen LogP contribution in [0.25, 0.3) is 0 Å². The van der Waals surface area contributed by atoms with E-state index in [0.29, 0.717) is 0 Å². The van der Waals surface area contributed by atoms with Gasteiger partial charge in [0.2, 0.25) is 0 Å². The van der Waals surface area contributed by atoms with E-state index in [-0.39, 0.29) is 0 Å². The largest absolute Gasteiger partial charge is 0.379 e. The summed E-state index contributed by atoms with van der Waals surface area (Å²) in [4.78, 5) is 5.07. The molecule has 3 heteroatoms. The zero-order valence-electron chi connectivity index (χ0n) is 14.0. The molecule has 0 spiro atoms. The third-order valence-electron chi connectivity index (χ3n) is 5.00. The molecular formula is C19H30N2O. The summed E-state index contributed by atoms with van der Waals surface area (Å²) in [5.74, 6) is 0.835. The summed E-state index contributed by atoms with van der Waals surface area (Å²) in [6.07, 6.45) is 5.16. The number of piperidine rings is 1. The summed E-state index contributed by atoms with van der Waals surface area (Å²) in [5, 5.41) is 0. The van der Waals surface area contributed by atoms with Gasteiger partial charge in [0.15, 0.2) is 0 Å². The van der Waals surface area contributed by atoms with E-state index in [1.165, 1.54) is 56.6 Å². The molecule has 3 nitrogen and oxygen atoms in total. The van der Waals surface area contributed by atoms with Gasteiger partial charge in [-0.1, -0.05) is 19.1 Å². The number of hydrogen-bond acceptors (Lipinski definition) is 3. The number of aryl methyl sites for hydroxylation is 1. The van der Waals surface area contributed by atoms with Gasteiger partial charge < -0.3 is 9.64 Å². The molecule has 1 aromatic carbocycles. The van der Waals surface area contributed by atoms with Gasteiger partial charge in [0.1, 0.15) is 0 Å². The molecule has 2 heterocycles. The van der Waals surface area contributed by atoms with Crippen LogP contribution < -0.4 is 4.90 Å². The smallest absolute Gasteiger partial charge is 0.0594 e. The van der Waals surface area contributed by atoms with Crippen molar-refractivity contribution in [3.05, 3.63) is 29.8 Å². The molecule has 0 bridgehead atoms. The lowest BCUT2D eigenvalue weighted by Crippen LogP contribution is -2.36. The average molecular weight is 302 g/mol. The Kier molecular flexibility index (Phi) is 5.74. The normalized spacial score (nSPS) is 23.7. The molecule has 2 fully saturated rings. The predicted molar refractivity (Wildman–Crippen MR) is 92.6 cm³/mol. The Morgan fingerprint density at radius 1 is 1.09 bits per heavy atom. The number of nitrogens with zero attached hydrogens (tertiary/aromatic N) is 2. The Balaban J connectivity index is 1.44. The SMILES string of the molecule is CC1CCCN(c2ccc(CCCN3CCOCC3)cc2)C1. The molecular weight excluding hydrogens is 272 g/mol.